The van der Waals surface area contributed by atoms with Gasteiger partial charge in [0.2, 0.25) is 5.89 Å². The number of carbonyl (C=O) groups is 1. The van der Waals surface area contributed by atoms with Crippen LogP contribution in [0.4, 0.5) is 0 Å². The Kier molecular flexibility index (Phi) is 7.75. The normalized spacial score (nSPS) is 16.6. The molecule has 7 nitrogen and oxygen atoms in total. The lowest BCUT2D eigenvalue weighted by molar-refractivity contribution is 0.0853. The second-order valence-corrected chi connectivity index (χ2v) is 8.31. The Bertz CT molecular complexity index is 1030. The first-order chi connectivity index (χ1) is 16.1. The number of oxazole rings is 1. The maximum atomic E-state index is 12.5. The molecule has 1 amide bonds. The topological polar surface area (TPSA) is 76.8 Å². The molecule has 0 radical (unpaired) electrons. The van der Waals surface area contributed by atoms with Crippen LogP contribution in [0.25, 0.3) is 0 Å². The van der Waals surface area contributed by atoms with Crippen LogP contribution in [0.15, 0.2) is 65.3 Å². The summed E-state index contributed by atoms with van der Waals surface area (Å²) in [6.07, 6.45) is 3.53. The van der Waals surface area contributed by atoms with Crippen molar-refractivity contribution in [3.05, 3.63) is 83.6 Å². The van der Waals surface area contributed by atoms with E-state index in [1.54, 1.807) is 7.11 Å². The third-order valence-electron chi connectivity index (χ3n) is 5.99. The van der Waals surface area contributed by atoms with Gasteiger partial charge in [0, 0.05) is 25.7 Å². The van der Waals surface area contributed by atoms with Gasteiger partial charge in [0.25, 0.3) is 5.91 Å². The lowest BCUT2D eigenvalue weighted by Crippen LogP contribution is -2.32. The fraction of sp³-hybridized carbons (Fsp3) is 0.385. The Hall–Kier alpha value is -3.16. The van der Waals surface area contributed by atoms with Gasteiger partial charge < -0.3 is 19.2 Å². The highest BCUT2D eigenvalue weighted by Crippen LogP contribution is 2.25. The summed E-state index contributed by atoms with van der Waals surface area (Å²) in [6, 6.07) is 18.5. The minimum Gasteiger partial charge on any atom is -0.497 e. The van der Waals surface area contributed by atoms with Crippen molar-refractivity contribution in [2.24, 2.45) is 0 Å². The number of benzene rings is 2. The number of nitrogens with one attached hydrogen (secondary N) is 1. The van der Waals surface area contributed by atoms with Gasteiger partial charge in [0.1, 0.15) is 12.0 Å². The van der Waals surface area contributed by atoms with Crippen LogP contribution in [-0.4, -0.2) is 42.2 Å². The molecule has 0 unspecified atom stereocenters. The largest absolute Gasteiger partial charge is 0.497 e. The number of carbonyl (C=O) groups excluding carboxylic acids is 1. The number of amides is 1. The van der Waals surface area contributed by atoms with Crippen molar-refractivity contribution in [2.45, 2.75) is 45.0 Å². The highest BCUT2D eigenvalue weighted by atomic mass is 16.5. The molecule has 0 spiro atoms. The quantitative estimate of drug-likeness (QED) is 0.496. The molecule has 4 rings (SSSR count). The van der Waals surface area contributed by atoms with Gasteiger partial charge in [-0.2, -0.15) is 0 Å². The van der Waals surface area contributed by atoms with Crippen molar-refractivity contribution in [1.82, 2.24) is 15.2 Å². The molecular formula is C26H31N3O4. The highest BCUT2D eigenvalue weighted by Gasteiger charge is 2.22. The van der Waals surface area contributed by atoms with Gasteiger partial charge in [-0.3, -0.25) is 9.69 Å². The first-order valence-corrected chi connectivity index (χ1v) is 11.4. The van der Waals surface area contributed by atoms with Crippen LogP contribution in [0, 0.1) is 0 Å². The van der Waals surface area contributed by atoms with E-state index in [2.05, 4.69) is 40.3 Å². The van der Waals surface area contributed by atoms with Crippen molar-refractivity contribution in [1.29, 1.82) is 0 Å². The predicted octanol–water partition coefficient (Wildman–Crippen LogP) is 4.36. The van der Waals surface area contributed by atoms with Crippen LogP contribution < -0.4 is 10.1 Å². The van der Waals surface area contributed by atoms with Gasteiger partial charge in [-0.25, -0.2) is 4.98 Å². The number of hydrogen-bond donors (Lipinski definition) is 1. The van der Waals surface area contributed by atoms with Gasteiger partial charge >= 0.3 is 0 Å². The van der Waals surface area contributed by atoms with Crippen LogP contribution in [0.3, 0.4) is 0 Å². The lowest BCUT2D eigenvalue weighted by atomic mass is 10.1. The van der Waals surface area contributed by atoms with E-state index in [0.717, 1.165) is 30.8 Å². The summed E-state index contributed by atoms with van der Waals surface area (Å²) in [7, 11) is 1.67. The molecule has 0 saturated carbocycles. The van der Waals surface area contributed by atoms with E-state index in [0.29, 0.717) is 25.5 Å². The fourth-order valence-corrected chi connectivity index (χ4v) is 4.04. The van der Waals surface area contributed by atoms with Gasteiger partial charge in [0.05, 0.1) is 19.8 Å². The van der Waals surface area contributed by atoms with E-state index in [9.17, 15) is 4.79 Å². The molecule has 7 heteroatoms. The molecular weight excluding hydrogens is 418 g/mol. The molecule has 2 atom stereocenters. The number of nitrogens with zero attached hydrogens (tertiary/aromatic N) is 2. The average Bonchev–Trinajstić information content (AvgIpc) is 3.55. The number of hydrogen-bond acceptors (Lipinski definition) is 6. The lowest BCUT2D eigenvalue weighted by Gasteiger charge is -2.28. The van der Waals surface area contributed by atoms with E-state index in [4.69, 9.17) is 13.9 Å². The van der Waals surface area contributed by atoms with E-state index in [-0.39, 0.29) is 23.7 Å². The number of methoxy groups -OCH3 is 1. The summed E-state index contributed by atoms with van der Waals surface area (Å²) >= 11 is 0. The second kappa shape index (κ2) is 11.1. The fourth-order valence-electron chi connectivity index (χ4n) is 4.04. The van der Waals surface area contributed by atoms with E-state index in [1.807, 2.05) is 36.4 Å². The maximum absolute atomic E-state index is 12.5. The minimum absolute atomic E-state index is 0.0883. The standard InChI is InChI=1S/C26H31N3O4/c1-19(21-9-4-3-5-10-21)29(16-20-8-6-11-22(14-20)31-2)17-25-28-24(18-33-25)26(30)27-15-23-12-7-13-32-23/h3-6,8-11,14,18-19,23H,7,12-13,15-17H2,1-2H3,(H,27,30)/t19-,23-/m1/s1. The van der Waals surface area contributed by atoms with Crippen molar-refractivity contribution < 1.29 is 18.7 Å². The van der Waals surface area contributed by atoms with Crippen LogP contribution in [-0.2, 0) is 17.8 Å². The van der Waals surface area contributed by atoms with E-state index in [1.165, 1.54) is 11.8 Å². The molecule has 1 fully saturated rings. The van der Waals surface area contributed by atoms with Crippen LogP contribution >= 0.6 is 0 Å². The third-order valence-corrected chi connectivity index (χ3v) is 5.99. The third kappa shape index (κ3) is 6.21. The highest BCUT2D eigenvalue weighted by molar-refractivity contribution is 5.91. The molecule has 1 saturated heterocycles. The zero-order chi connectivity index (χ0) is 23.0. The molecule has 1 N–H and O–H groups in total. The molecule has 2 aromatic carbocycles. The SMILES string of the molecule is COc1cccc(CN(Cc2nc(C(=O)NC[C@H]3CCCO3)co2)[C@H](C)c2ccccc2)c1. The van der Waals surface area contributed by atoms with E-state index < -0.39 is 0 Å². The van der Waals surface area contributed by atoms with Crippen molar-refractivity contribution >= 4 is 5.91 Å². The zero-order valence-electron chi connectivity index (χ0n) is 19.2. The molecule has 174 valence electrons. The molecule has 33 heavy (non-hydrogen) atoms. The van der Waals surface area contributed by atoms with Crippen LogP contribution in [0.2, 0.25) is 0 Å². The smallest absolute Gasteiger partial charge is 0.273 e. The summed E-state index contributed by atoms with van der Waals surface area (Å²) in [5.41, 5.74) is 2.61. The summed E-state index contributed by atoms with van der Waals surface area (Å²) in [6.45, 7) is 4.56. The molecule has 1 aromatic heterocycles. The summed E-state index contributed by atoms with van der Waals surface area (Å²) < 4.78 is 16.6. The number of rotatable bonds is 10. The van der Waals surface area contributed by atoms with Crippen LogP contribution in [0.5, 0.6) is 5.75 Å². The monoisotopic (exact) mass is 449 g/mol. The second-order valence-electron chi connectivity index (χ2n) is 8.31. The maximum Gasteiger partial charge on any atom is 0.273 e. The number of ether oxygens (including phenoxy) is 2. The van der Waals surface area contributed by atoms with E-state index >= 15 is 0 Å². The molecule has 0 bridgehead atoms. The molecule has 0 aliphatic carbocycles. The molecule has 2 heterocycles. The molecule has 1 aliphatic heterocycles. The minimum atomic E-state index is -0.240. The first-order valence-electron chi connectivity index (χ1n) is 11.4. The van der Waals surface area contributed by atoms with Crippen LogP contribution in [0.1, 0.15) is 53.3 Å². The summed E-state index contributed by atoms with van der Waals surface area (Å²) in [5.74, 6) is 1.08. The first kappa shape index (κ1) is 23.0. The van der Waals surface area contributed by atoms with Gasteiger partial charge in [0.15, 0.2) is 5.69 Å². The Morgan fingerprint density at radius 2 is 2.06 bits per heavy atom. The van der Waals surface area contributed by atoms with Gasteiger partial charge in [-0.05, 0) is 43.0 Å². The predicted molar refractivity (Wildman–Crippen MR) is 125 cm³/mol. The molecule has 3 aromatic rings. The van der Waals surface area contributed by atoms with Crippen molar-refractivity contribution in [3.63, 3.8) is 0 Å². The van der Waals surface area contributed by atoms with Gasteiger partial charge in [-0.1, -0.05) is 42.5 Å². The van der Waals surface area contributed by atoms with Crippen molar-refractivity contribution in [3.8, 4) is 5.75 Å². The zero-order valence-corrected chi connectivity index (χ0v) is 19.2. The summed E-state index contributed by atoms with van der Waals surface area (Å²) in [5, 5.41) is 2.89. The average molecular weight is 450 g/mol. The van der Waals surface area contributed by atoms with Gasteiger partial charge in [-0.15, -0.1) is 0 Å². The number of aromatic nitrogens is 1. The molecule has 1 aliphatic rings. The Labute approximate surface area is 194 Å². The Balaban J connectivity index is 1.47. The van der Waals surface area contributed by atoms with Crippen molar-refractivity contribution in [2.75, 3.05) is 20.3 Å². The Morgan fingerprint density at radius 3 is 2.82 bits per heavy atom. The summed E-state index contributed by atoms with van der Waals surface area (Å²) in [4.78, 5) is 19.2. The Morgan fingerprint density at radius 1 is 1.21 bits per heavy atom.